The number of Topliss-reactive ketones (excluding diaryl/α,β-unsaturated/α-hetero) is 1. The number of methoxy groups -OCH3 is 1. The van der Waals surface area contributed by atoms with Gasteiger partial charge in [-0.2, -0.15) is 5.10 Å². The van der Waals surface area contributed by atoms with Gasteiger partial charge in [-0.3, -0.25) is 19.1 Å². The number of rotatable bonds is 10. The zero-order chi connectivity index (χ0) is 22.9. The molecule has 0 aliphatic carbocycles. The molecule has 3 rings (SSSR count). The molecule has 9 heteroatoms. The molecule has 0 radical (unpaired) electrons. The van der Waals surface area contributed by atoms with E-state index in [0.29, 0.717) is 22.7 Å². The molecule has 0 aliphatic rings. The Morgan fingerprint density at radius 3 is 2.59 bits per heavy atom. The molecule has 0 saturated heterocycles. The second-order valence-corrected chi connectivity index (χ2v) is 6.94. The number of ketones is 1. The predicted molar refractivity (Wildman–Crippen MR) is 118 cm³/mol. The Hall–Kier alpha value is -4.14. The quantitative estimate of drug-likeness (QED) is 0.472. The minimum atomic E-state index is -0.323. The highest BCUT2D eigenvalue weighted by Crippen LogP contribution is 2.28. The topological polar surface area (TPSA) is 112 Å². The molecule has 0 aliphatic heterocycles. The molecule has 1 aromatic heterocycles. The number of ether oxygens (including phenoxy) is 2. The monoisotopic (exact) mass is 436 g/mol. The minimum absolute atomic E-state index is 0.0904. The lowest BCUT2D eigenvalue weighted by atomic mass is 10.1. The van der Waals surface area contributed by atoms with Crippen molar-refractivity contribution in [3.05, 3.63) is 72.1 Å². The molecule has 2 aromatic carbocycles. The zero-order valence-electron chi connectivity index (χ0n) is 17.8. The first-order valence-electron chi connectivity index (χ1n) is 9.89. The number of benzene rings is 2. The lowest BCUT2D eigenvalue weighted by molar-refractivity contribution is -0.123. The average Bonchev–Trinajstić information content (AvgIpc) is 3.29. The van der Waals surface area contributed by atoms with Crippen LogP contribution in [0, 0.1) is 0 Å². The Labute approximate surface area is 185 Å². The lowest BCUT2D eigenvalue weighted by Crippen LogP contribution is -2.28. The Balaban J connectivity index is 1.49. The highest BCUT2D eigenvalue weighted by Gasteiger charge is 2.11. The molecule has 9 nitrogen and oxygen atoms in total. The van der Waals surface area contributed by atoms with E-state index in [1.807, 2.05) is 6.07 Å². The summed E-state index contributed by atoms with van der Waals surface area (Å²) >= 11 is 0. The average molecular weight is 436 g/mol. The van der Waals surface area contributed by atoms with E-state index in [1.165, 1.54) is 18.7 Å². The molecule has 0 bridgehead atoms. The Kier molecular flexibility index (Phi) is 7.58. The van der Waals surface area contributed by atoms with Crippen LogP contribution in [0.2, 0.25) is 0 Å². The van der Waals surface area contributed by atoms with Crippen LogP contribution in [0.4, 0.5) is 5.69 Å². The van der Waals surface area contributed by atoms with Gasteiger partial charge < -0.3 is 20.1 Å². The van der Waals surface area contributed by atoms with E-state index in [0.717, 1.165) is 5.56 Å². The van der Waals surface area contributed by atoms with Gasteiger partial charge in [-0.05, 0) is 48.9 Å². The van der Waals surface area contributed by atoms with Crippen LogP contribution in [0.25, 0.3) is 0 Å². The first-order chi connectivity index (χ1) is 15.4. The van der Waals surface area contributed by atoms with Gasteiger partial charge in [-0.25, -0.2) is 0 Å². The third-order valence-corrected chi connectivity index (χ3v) is 4.49. The highest BCUT2D eigenvalue weighted by molar-refractivity contribution is 5.94. The number of hydrogen-bond donors (Lipinski definition) is 2. The van der Waals surface area contributed by atoms with Crippen molar-refractivity contribution in [2.24, 2.45) is 0 Å². The van der Waals surface area contributed by atoms with Gasteiger partial charge in [0.15, 0.2) is 23.9 Å². The predicted octanol–water partition coefficient (Wildman–Crippen LogP) is 2.43. The summed E-state index contributed by atoms with van der Waals surface area (Å²) in [5, 5.41) is 9.57. The number of carbonyl (C=O) groups excluding carboxylic acids is 3. The number of carbonyl (C=O) groups is 3. The number of nitrogens with one attached hydrogen (secondary N) is 2. The van der Waals surface area contributed by atoms with Crippen molar-refractivity contribution in [2.45, 2.75) is 20.0 Å². The Morgan fingerprint density at radius 1 is 1.03 bits per heavy atom. The van der Waals surface area contributed by atoms with Crippen molar-refractivity contribution in [3.8, 4) is 11.5 Å². The van der Waals surface area contributed by atoms with Crippen LogP contribution in [0.3, 0.4) is 0 Å². The van der Waals surface area contributed by atoms with E-state index in [-0.39, 0.29) is 37.3 Å². The molecule has 0 fully saturated rings. The van der Waals surface area contributed by atoms with Gasteiger partial charge in [0.05, 0.1) is 7.11 Å². The van der Waals surface area contributed by atoms with Crippen molar-refractivity contribution in [3.63, 3.8) is 0 Å². The van der Waals surface area contributed by atoms with Crippen molar-refractivity contribution in [1.29, 1.82) is 0 Å². The van der Waals surface area contributed by atoms with Crippen LogP contribution in [0.1, 0.15) is 22.8 Å². The van der Waals surface area contributed by atoms with Crippen LogP contribution in [0.5, 0.6) is 11.5 Å². The molecule has 0 unspecified atom stereocenters. The normalized spacial score (nSPS) is 10.3. The summed E-state index contributed by atoms with van der Waals surface area (Å²) in [4.78, 5) is 35.8. The molecule has 0 atom stereocenters. The third kappa shape index (κ3) is 6.43. The Morgan fingerprint density at radius 2 is 1.88 bits per heavy atom. The maximum absolute atomic E-state index is 12.2. The second kappa shape index (κ2) is 10.8. The van der Waals surface area contributed by atoms with Crippen LogP contribution in [-0.4, -0.2) is 41.1 Å². The van der Waals surface area contributed by atoms with Crippen LogP contribution in [0.15, 0.2) is 60.9 Å². The van der Waals surface area contributed by atoms with Crippen molar-refractivity contribution >= 4 is 23.3 Å². The maximum Gasteiger partial charge on any atom is 0.258 e. The van der Waals surface area contributed by atoms with Crippen LogP contribution in [-0.2, 0) is 22.7 Å². The Bertz CT molecular complexity index is 1100. The number of aromatic nitrogens is 2. The zero-order valence-corrected chi connectivity index (χ0v) is 17.8. The van der Waals surface area contributed by atoms with Gasteiger partial charge in [0.25, 0.3) is 5.91 Å². The van der Waals surface area contributed by atoms with E-state index in [1.54, 1.807) is 54.9 Å². The smallest absolute Gasteiger partial charge is 0.258 e. The summed E-state index contributed by atoms with van der Waals surface area (Å²) in [6.07, 6.45) is 3.32. The van der Waals surface area contributed by atoms with Gasteiger partial charge in [-0.1, -0.05) is 12.1 Å². The highest BCUT2D eigenvalue weighted by atomic mass is 16.5. The molecule has 3 aromatic rings. The van der Waals surface area contributed by atoms with Gasteiger partial charge in [0.2, 0.25) is 5.91 Å². The first kappa shape index (κ1) is 22.5. The van der Waals surface area contributed by atoms with Crippen molar-refractivity contribution in [2.75, 3.05) is 19.0 Å². The maximum atomic E-state index is 12.2. The van der Waals surface area contributed by atoms with E-state index in [4.69, 9.17) is 9.47 Å². The number of amides is 2. The molecule has 32 heavy (non-hydrogen) atoms. The largest absolute Gasteiger partial charge is 0.493 e. The fourth-order valence-corrected chi connectivity index (χ4v) is 2.90. The van der Waals surface area contributed by atoms with E-state index >= 15 is 0 Å². The molecular weight excluding hydrogens is 412 g/mol. The summed E-state index contributed by atoms with van der Waals surface area (Å²) in [7, 11) is 1.47. The van der Waals surface area contributed by atoms with E-state index in [2.05, 4.69) is 15.7 Å². The summed E-state index contributed by atoms with van der Waals surface area (Å²) in [6, 6.07) is 13.7. The first-order valence-corrected chi connectivity index (χ1v) is 9.89. The van der Waals surface area contributed by atoms with E-state index < -0.39 is 0 Å². The van der Waals surface area contributed by atoms with E-state index in [9.17, 15) is 14.4 Å². The lowest BCUT2D eigenvalue weighted by Gasteiger charge is -2.12. The molecular formula is C23H24N4O5. The third-order valence-electron chi connectivity index (χ3n) is 4.49. The summed E-state index contributed by atoms with van der Waals surface area (Å²) in [5.41, 5.74) is 1.94. The summed E-state index contributed by atoms with van der Waals surface area (Å²) < 4.78 is 12.3. The fourth-order valence-electron chi connectivity index (χ4n) is 2.90. The summed E-state index contributed by atoms with van der Waals surface area (Å²) in [5.74, 6) is 0.134. The fraction of sp³-hybridized carbons (Fsp3) is 0.217. The van der Waals surface area contributed by atoms with Crippen molar-refractivity contribution in [1.82, 2.24) is 15.1 Å². The van der Waals surface area contributed by atoms with Gasteiger partial charge in [0, 0.05) is 30.2 Å². The standard InChI is InChI=1S/C23H24N4O5/c1-16(28)18-7-8-20(21(12-18)31-2)32-15-23(30)24-13-17-5-3-6-19(11-17)26-22(29)14-27-10-4-9-25-27/h3-12H,13-15H2,1-2H3,(H,24,30)(H,26,29). The summed E-state index contributed by atoms with van der Waals surface area (Å²) in [6.45, 7) is 1.63. The number of nitrogens with zero attached hydrogens (tertiary/aromatic N) is 2. The van der Waals surface area contributed by atoms with Crippen molar-refractivity contribution < 1.29 is 23.9 Å². The molecule has 1 heterocycles. The van der Waals surface area contributed by atoms with Gasteiger partial charge >= 0.3 is 0 Å². The second-order valence-electron chi connectivity index (χ2n) is 6.94. The van der Waals surface area contributed by atoms with Gasteiger partial charge in [0.1, 0.15) is 6.54 Å². The molecule has 166 valence electrons. The molecule has 0 spiro atoms. The SMILES string of the molecule is COc1cc(C(C)=O)ccc1OCC(=O)NCc1cccc(NC(=O)Cn2cccn2)c1. The number of hydrogen-bond acceptors (Lipinski definition) is 6. The molecule has 2 amide bonds. The molecule has 0 saturated carbocycles. The van der Waals surface area contributed by atoms with Gasteiger partial charge in [-0.15, -0.1) is 0 Å². The minimum Gasteiger partial charge on any atom is -0.493 e. The number of anilines is 1. The van der Waals surface area contributed by atoms with Crippen LogP contribution >= 0.6 is 0 Å². The molecule has 2 N–H and O–H groups in total. The van der Waals surface area contributed by atoms with Crippen LogP contribution < -0.4 is 20.1 Å².